The second kappa shape index (κ2) is 6.58. The van der Waals surface area contributed by atoms with Crippen molar-refractivity contribution in [1.82, 2.24) is 10.1 Å². The molecule has 1 aromatic carbocycles. The number of aromatic hydroxyl groups is 1. The largest absolute Gasteiger partial charge is 0.508 e. The summed E-state index contributed by atoms with van der Waals surface area (Å²) in [6, 6.07) is 6.79. The van der Waals surface area contributed by atoms with Gasteiger partial charge in [0.1, 0.15) is 11.4 Å². The van der Waals surface area contributed by atoms with Crippen molar-refractivity contribution in [2.24, 2.45) is 0 Å². The maximum absolute atomic E-state index is 9.23. The van der Waals surface area contributed by atoms with E-state index in [0.717, 1.165) is 12.1 Å². The van der Waals surface area contributed by atoms with Crippen molar-refractivity contribution in [3.63, 3.8) is 0 Å². The topological polar surface area (TPSA) is 80.4 Å². The molecular formula is C15H21N3O3. The van der Waals surface area contributed by atoms with Gasteiger partial charge in [0.2, 0.25) is 11.7 Å². The molecule has 2 N–H and O–H groups in total. The summed E-state index contributed by atoms with van der Waals surface area (Å²) in [7, 11) is 0. The van der Waals surface area contributed by atoms with Crippen LogP contribution in [0.2, 0.25) is 0 Å². The first kappa shape index (κ1) is 15.3. The van der Waals surface area contributed by atoms with E-state index in [1.807, 2.05) is 20.8 Å². The van der Waals surface area contributed by atoms with Gasteiger partial charge in [-0.3, -0.25) is 0 Å². The number of benzene rings is 1. The van der Waals surface area contributed by atoms with Gasteiger partial charge in [0, 0.05) is 12.3 Å². The van der Waals surface area contributed by atoms with Gasteiger partial charge in [-0.15, -0.1) is 0 Å². The fraction of sp³-hybridized carbons (Fsp3) is 0.467. The van der Waals surface area contributed by atoms with E-state index in [1.54, 1.807) is 24.3 Å². The Bertz CT molecular complexity index is 568. The minimum Gasteiger partial charge on any atom is -0.508 e. The third-order valence-electron chi connectivity index (χ3n) is 3.39. The van der Waals surface area contributed by atoms with Gasteiger partial charge in [0.05, 0.1) is 6.54 Å². The molecule has 0 aliphatic heterocycles. The van der Waals surface area contributed by atoms with E-state index in [4.69, 9.17) is 9.26 Å². The Labute approximate surface area is 124 Å². The average Bonchev–Trinajstić information content (AvgIpc) is 2.96. The van der Waals surface area contributed by atoms with E-state index in [9.17, 15) is 5.11 Å². The number of anilines is 1. The SMILES string of the molecule is CCOC(C)(CC)c1noc(CNc2ccc(O)cc2)n1. The molecule has 0 spiro atoms. The molecule has 0 aliphatic rings. The fourth-order valence-corrected chi connectivity index (χ4v) is 1.94. The number of nitrogens with zero attached hydrogens (tertiary/aromatic N) is 2. The van der Waals surface area contributed by atoms with Crippen LogP contribution in [0.5, 0.6) is 5.75 Å². The van der Waals surface area contributed by atoms with E-state index in [2.05, 4.69) is 15.5 Å². The van der Waals surface area contributed by atoms with Gasteiger partial charge in [-0.05, 0) is 44.5 Å². The van der Waals surface area contributed by atoms with Crippen LogP contribution in [0.1, 0.15) is 38.9 Å². The van der Waals surface area contributed by atoms with Crippen LogP contribution in [0.15, 0.2) is 28.8 Å². The number of rotatable bonds is 7. The molecule has 0 aliphatic carbocycles. The number of aromatic nitrogens is 2. The number of hydrogen-bond acceptors (Lipinski definition) is 6. The Morgan fingerprint density at radius 1 is 1.29 bits per heavy atom. The summed E-state index contributed by atoms with van der Waals surface area (Å²) in [6.07, 6.45) is 0.769. The summed E-state index contributed by atoms with van der Waals surface area (Å²) in [4.78, 5) is 4.39. The molecule has 2 aromatic rings. The van der Waals surface area contributed by atoms with Crippen molar-refractivity contribution in [2.75, 3.05) is 11.9 Å². The lowest BCUT2D eigenvalue weighted by Gasteiger charge is -2.23. The smallest absolute Gasteiger partial charge is 0.246 e. The van der Waals surface area contributed by atoms with Crippen LogP contribution in [0.4, 0.5) is 5.69 Å². The molecule has 6 heteroatoms. The number of nitrogens with one attached hydrogen (secondary N) is 1. The monoisotopic (exact) mass is 291 g/mol. The highest BCUT2D eigenvalue weighted by Gasteiger charge is 2.30. The van der Waals surface area contributed by atoms with Crippen molar-refractivity contribution in [2.45, 2.75) is 39.3 Å². The Balaban J connectivity index is 2.01. The Morgan fingerprint density at radius 3 is 2.62 bits per heavy atom. The van der Waals surface area contributed by atoms with Gasteiger partial charge < -0.3 is 19.7 Å². The van der Waals surface area contributed by atoms with E-state index < -0.39 is 5.60 Å². The Hall–Kier alpha value is -2.08. The molecule has 114 valence electrons. The van der Waals surface area contributed by atoms with Crippen LogP contribution in [0, 0.1) is 0 Å². The van der Waals surface area contributed by atoms with E-state index in [1.165, 1.54) is 0 Å². The van der Waals surface area contributed by atoms with Crippen molar-refractivity contribution >= 4 is 5.69 Å². The first-order chi connectivity index (χ1) is 10.1. The minimum atomic E-state index is -0.519. The van der Waals surface area contributed by atoms with Crippen LogP contribution < -0.4 is 5.32 Å². The highest BCUT2D eigenvalue weighted by atomic mass is 16.5. The summed E-state index contributed by atoms with van der Waals surface area (Å²) in [5.74, 6) is 1.29. The molecule has 0 amide bonds. The molecule has 1 unspecified atom stereocenters. The van der Waals surface area contributed by atoms with E-state index in [0.29, 0.717) is 24.9 Å². The van der Waals surface area contributed by atoms with Crippen LogP contribution in [-0.2, 0) is 16.9 Å². The van der Waals surface area contributed by atoms with Gasteiger partial charge in [0.15, 0.2) is 0 Å². The van der Waals surface area contributed by atoms with Gasteiger partial charge in [0.25, 0.3) is 0 Å². The molecule has 0 radical (unpaired) electrons. The molecule has 0 bridgehead atoms. The van der Waals surface area contributed by atoms with Crippen molar-refractivity contribution in [1.29, 1.82) is 0 Å². The molecular weight excluding hydrogens is 270 g/mol. The van der Waals surface area contributed by atoms with E-state index >= 15 is 0 Å². The molecule has 1 atom stereocenters. The van der Waals surface area contributed by atoms with Crippen LogP contribution >= 0.6 is 0 Å². The molecule has 0 fully saturated rings. The third-order valence-corrected chi connectivity index (χ3v) is 3.39. The summed E-state index contributed by atoms with van der Waals surface area (Å²) in [6.45, 7) is 6.95. The Morgan fingerprint density at radius 2 is 2.00 bits per heavy atom. The Kier molecular flexibility index (Phi) is 4.80. The predicted octanol–water partition coefficient (Wildman–Crippen LogP) is 3.05. The molecule has 2 rings (SSSR count). The number of ether oxygens (including phenoxy) is 1. The first-order valence-corrected chi connectivity index (χ1v) is 7.07. The van der Waals surface area contributed by atoms with E-state index in [-0.39, 0.29) is 5.75 Å². The van der Waals surface area contributed by atoms with Gasteiger partial charge in [-0.1, -0.05) is 12.1 Å². The van der Waals surface area contributed by atoms with Gasteiger partial charge >= 0.3 is 0 Å². The molecule has 0 saturated carbocycles. The lowest BCUT2D eigenvalue weighted by Crippen LogP contribution is -2.26. The average molecular weight is 291 g/mol. The number of phenolic OH excluding ortho intramolecular Hbond substituents is 1. The lowest BCUT2D eigenvalue weighted by atomic mass is 10.0. The molecule has 1 aromatic heterocycles. The zero-order valence-corrected chi connectivity index (χ0v) is 12.6. The standard InChI is InChI=1S/C15H21N3O3/c1-4-15(3,20-5-2)14-17-13(21-18-14)10-16-11-6-8-12(19)9-7-11/h6-9,16,19H,4-5,10H2,1-3H3. The predicted molar refractivity (Wildman–Crippen MR) is 79.0 cm³/mol. The third kappa shape index (κ3) is 3.72. The summed E-state index contributed by atoms with van der Waals surface area (Å²) in [5.41, 5.74) is 0.352. The van der Waals surface area contributed by atoms with Crippen LogP contribution in [0.3, 0.4) is 0 Å². The number of hydrogen-bond donors (Lipinski definition) is 2. The van der Waals surface area contributed by atoms with Crippen molar-refractivity contribution in [3.8, 4) is 5.75 Å². The van der Waals surface area contributed by atoms with Gasteiger partial charge in [-0.2, -0.15) is 4.98 Å². The summed E-state index contributed by atoms with van der Waals surface area (Å²) in [5, 5.41) is 16.4. The van der Waals surface area contributed by atoms with Crippen LogP contribution in [-0.4, -0.2) is 21.9 Å². The normalized spacial score (nSPS) is 13.9. The highest BCUT2D eigenvalue weighted by Crippen LogP contribution is 2.26. The minimum absolute atomic E-state index is 0.232. The zero-order chi connectivity index (χ0) is 15.3. The van der Waals surface area contributed by atoms with Crippen molar-refractivity contribution in [3.05, 3.63) is 36.0 Å². The fourth-order valence-electron chi connectivity index (χ4n) is 1.94. The zero-order valence-electron chi connectivity index (χ0n) is 12.6. The summed E-state index contributed by atoms with van der Waals surface area (Å²) >= 11 is 0. The number of phenols is 1. The molecule has 0 saturated heterocycles. The quantitative estimate of drug-likeness (QED) is 0.763. The second-order valence-electron chi connectivity index (χ2n) is 4.93. The second-order valence-corrected chi connectivity index (χ2v) is 4.93. The van der Waals surface area contributed by atoms with Crippen molar-refractivity contribution < 1.29 is 14.4 Å². The highest BCUT2D eigenvalue weighted by molar-refractivity contribution is 5.45. The van der Waals surface area contributed by atoms with Gasteiger partial charge in [-0.25, -0.2) is 0 Å². The first-order valence-electron chi connectivity index (χ1n) is 7.07. The molecule has 1 heterocycles. The molecule has 21 heavy (non-hydrogen) atoms. The van der Waals surface area contributed by atoms with Crippen LogP contribution in [0.25, 0.3) is 0 Å². The summed E-state index contributed by atoms with van der Waals surface area (Å²) < 4.78 is 11.0. The maximum Gasteiger partial charge on any atom is 0.246 e. The molecule has 6 nitrogen and oxygen atoms in total. The lowest BCUT2D eigenvalue weighted by molar-refractivity contribution is -0.0403. The maximum atomic E-state index is 9.23.